The molecule has 1 aliphatic carbocycles. The molecule has 2 aromatic carbocycles. The predicted octanol–water partition coefficient (Wildman–Crippen LogP) is 6.76. The van der Waals surface area contributed by atoms with Gasteiger partial charge >= 0.3 is 0 Å². The van der Waals surface area contributed by atoms with Crippen molar-refractivity contribution in [2.75, 3.05) is 7.11 Å². The van der Waals surface area contributed by atoms with Gasteiger partial charge in [0.25, 0.3) is 0 Å². The Bertz CT molecular complexity index is 758. The summed E-state index contributed by atoms with van der Waals surface area (Å²) in [6.45, 7) is 2.17. The predicted molar refractivity (Wildman–Crippen MR) is 99.2 cm³/mol. The molecule has 0 bridgehead atoms. The first-order valence-electron chi connectivity index (χ1n) is 9.26. The summed E-state index contributed by atoms with van der Waals surface area (Å²) >= 11 is 0. The molecule has 0 saturated heterocycles. The van der Waals surface area contributed by atoms with Crippen LogP contribution in [0.2, 0.25) is 0 Å². The maximum absolute atomic E-state index is 14.7. The van der Waals surface area contributed by atoms with E-state index in [0.717, 1.165) is 43.9 Å². The second-order valence-corrected chi connectivity index (χ2v) is 7.01. The molecular formula is C22H26F2O. The second kappa shape index (κ2) is 7.99. The molecule has 0 atom stereocenters. The van der Waals surface area contributed by atoms with Crippen molar-refractivity contribution in [3.63, 3.8) is 0 Å². The van der Waals surface area contributed by atoms with E-state index in [4.69, 9.17) is 4.74 Å². The number of rotatable bonds is 5. The highest BCUT2D eigenvalue weighted by molar-refractivity contribution is 5.85. The van der Waals surface area contributed by atoms with Crippen molar-refractivity contribution in [2.45, 2.75) is 51.4 Å². The summed E-state index contributed by atoms with van der Waals surface area (Å²) in [4.78, 5) is 0. The molecule has 1 saturated carbocycles. The second-order valence-electron chi connectivity index (χ2n) is 7.01. The van der Waals surface area contributed by atoms with Crippen LogP contribution in [0.5, 0.6) is 5.75 Å². The molecule has 3 rings (SSSR count). The summed E-state index contributed by atoms with van der Waals surface area (Å²) in [5.74, 6) is -0.211. The van der Waals surface area contributed by atoms with E-state index in [2.05, 4.69) is 19.1 Å². The minimum absolute atomic E-state index is 0.108. The van der Waals surface area contributed by atoms with Crippen LogP contribution in [0.25, 0.3) is 10.8 Å². The van der Waals surface area contributed by atoms with Crippen molar-refractivity contribution in [3.8, 4) is 5.75 Å². The number of benzene rings is 2. The third-order valence-electron chi connectivity index (χ3n) is 5.33. The van der Waals surface area contributed by atoms with E-state index >= 15 is 0 Å². The van der Waals surface area contributed by atoms with Crippen LogP contribution in [0.3, 0.4) is 0 Å². The van der Waals surface area contributed by atoms with Gasteiger partial charge in [0.15, 0.2) is 11.6 Å². The SMILES string of the molecule is CCC/C=C/C1CCC(c2cc3ccc(OC)cc3c(F)c2F)CC1. The van der Waals surface area contributed by atoms with Crippen molar-refractivity contribution in [1.29, 1.82) is 0 Å². The summed E-state index contributed by atoms with van der Waals surface area (Å²) in [5, 5.41) is 1.02. The molecule has 25 heavy (non-hydrogen) atoms. The number of ether oxygens (including phenoxy) is 1. The van der Waals surface area contributed by atoms with E-state index in [1.165, 1.54) is 7.11 Å². The molecule has 3 heteroatoms. The lowest BCUT2D eigenvalue weighted by molar-refractivity contribution is 0.364. The van der Waals surface area contributed by atoms with Crippen molar-refractivity contribution < 1.29 is 13.5 Å². The minimum atomic E-state index is -0.753. The highest BCUT2D eigenvalue weighted by Gasteiger charge is 2.25. The molecular weight excluding hydrogens is 318 g/mol. The van der Waals surface area contributed by atoms with Gasteiger partial charge in [-0.1, -0.05) is 31.6 Å². The van der Waals surface area contributed by atoms with Crippen molar-refractivity contribution in [3.05, 3.63) is 53.6 Å². The lowest BCUT2D eigenvalue weighted by Crippen LogP contribution is -2.13. The highest BCUT2D eigenvalue weighted by atomic mass is 19.2. The summed E-state index contributed by atoms with van der Waals surface area (Å²) in [5.41, 5.74) is 0.533. The zero-order valence-electron chi connectivity index (χ0n) is 15.0. The van der Waals surface area contributed by atoms with Gasteiger partial charge in [-0.2, -0.15) is 0 Å². The van der Waals surface area contributed by atoms with Gasteiger partial charge in [0.05, 0.1) is 7.11 Å². The Balaban J connectivity index is 1.81. The summed E-state index contributed by atoms with van der Waals surface area (Å²) in [6.07, 6.45) is 10.8. The topological polar surface area (TPSA) is 9.23 Å². The van der Waals surface area contributed by atoms with E-state index < -0.39 is 11.6 Å². The van der Waals surface area contributed by atoms with Crippen molar-refractivity contribution in [2.24, 2.45) is 5.92 Å². The van der Waals surface area contributed by atoms with Crippen LogP contribution in [-0.4, -0.2) is 7.11 Å². The number of fused-ring (bicyclic) bond motifs is 1. The van der Waals surface area contributed by atoms with Gasteiger partial charge in [0.2, 0.25) is 0 Å². The van der Waals surface area contributed by atoms with Gasteiger partial charge < -0.3 is 4.74 Å². The Morgan fingerprint density at radius 3 is 2.52 bits per heavy atom. The molecule has 0 aromatic heterocycles. The molecule has 0 unspecified atom stereocenters. The van der Waals surface area contributed by atoms with E-state index in [-0.39, 0.29) is 11.3 Å². The third kappa shape index (κ3) is 3.86. The quantitative estimate of drug-likeness (QED) is 0.545. The average molecular weight is 344 g/mol. The molecule has 0 spiro atoms. The molecule has 0 aliphatic heterocycles. The van der Waals surface area contributed by atoms with Crippen LogP contribution in [-0.2, 0) is 0 Å². The van der Waals surface area contributed by atoms with Gasteiger partial charge in [0.1, 0.15) is 5.75 Å². The van der Waals surface area contributed by atoms with Gasteiger partial charge in [0, 0.05) is 5.39 Å². The average Bonchev–Trinajstić information content (AvgIpc) is 2.65. The fourth-order valence-electron chi connectivity index (χ4n) is 3.83. The highest BCUT2D eigenvalue weighted by Crippen LogP contribution is 2.39. The van der Waals surface area contributed by atoms with Crippen LogP contribution < -0.4 is 4.74 Å². The van der Waals surface area contributed by atoms with Crippen LogP contribution in [0.1, 0.15) is 56.9 Å². The van der Waals surface area contributed by atoms with E-state index in [9.17, 15) is 8.78 Å². The maximum Gasteiger partial charge on any atom is 0.167 e. The minimum Gasteiger partial charge on any atom is -0.497 e. The maximum atomic E-state index is 14.7. The number of hydrogen-bond donors (Lipinski definition) is 0. The number of halogens is 2. The van der Waals surface area contributed by atoms with Crippen LogP contribution in [0.4, 0.5) is 8.78 Å². The molecule has 1 nitrogen and oxygen atoms in total. The Hall–Kier alpha value is -1.90. The van der Waals surface area contributed by atoms with Crippen LogP contribution in [0.15, 0.2) is 36.4 Å². The Labute approximate surface area is 148 Å². The fraction of sp³-hybridized carbons (Fsp3) is 0.455. The largest absolute Gasteiger partial charge is 0.497 e. The molecule has 0 heterocycles. The molecule has 0 N–H and O–H groups in total. The summed E-state index contributed by atoms with van der Waals surface area (Å²) in [6, 6.07) is 6.98. The molecule has 134 valence electrons. The molecule has 2 aromatic rings. The molecule has 1 aliphatic rings. The lowest BCUT2D eigenvalue weighted by Gasteiger charge is -2.27. The van der Waals surface area contributed by atoms with E-state index in [1.807, 2.05) is 6.07 Å². The van der Waals surface area contributed by atoms with Crippen LogP contribution >= 0.6 is 0 Å². The van der Waals surface area contributed by atoms with Crippen LogP contribution in [0, 0.1) is 17.6 Å². The number of allylic oxidation sites excluding steroid dienone is 2. The fourth-order valence-corrected chi connectivity index (χ4v) is 3.83. The summed E-state index contributed by atoms with van der Waals surface area (Å²) in [7, 11) is 1.53. The number of hydrogen-bond acceptors (Lipinski definition) is 1. The lowest BCUT2D eigenvalue weighted by atomic mass is 9.78. The van der Waals surface area contributed by atoms with E-state index in [0.29, 0.717) is 17.2 Å². The number of unbranched alkanes of at least 4 members (excludes halogenated alkanes) is 1. The first-order valence-corrected chi connectivity index (χ1v) is 9.26. The molecule has 0 radical (unpaired) electrons. The number of methoxy groups -OCH3 is 1. The van der Waals surface area contributed by atoms with Gasteiger partial charge in [-0.15, -0.1) is 0 Å². The first kappa shape index (κ1) is 17.9. The van der Waals surface area contributed by atoms with Gasteiger partial charge in [-0.3, -0.25) is 0 Å². The molecule has 0 amide bonds. The summed E-state index contributed by atoms with van der Waals surface area (Å²) < 4.78 is 34.4. The Morgan fingerprint density at radius 2 is 1.84 bits per heavy atom. The Kier molecular flexibility index (Phi) is 5.72. The first-order chi connectivity index (χ1) is 12.1. The van der Waals surface area contributed by atoms with Gasteiger partial charge in [-0.05, 0) is 73.1 Å². The zero-order chi connectivity index (χ0) is 17.8. The monoisotopic (exact) mass is 344 g/mol. The van der Waals surface area contributed by atoms with Crippen molar-refractivity contribution >= 4 is 10.8 Å². The van der Waals surface area contributed by atoms with Gasteiger partial charge in [-0.25, -0.2) is 8.78 Å². The Morgan fingerprint density at radius 1 is 1.08 bits per heavy atom. The smallest absolute Gasteiger partial charge is 0.167 e. The van der Waals surface area contributed by atoms with Crippen molar-refractivity contribution in [1.82, 2.24) is 0 Å². The van der Waals surface area contributed by atoms with E-state index in [1.54, 1.807) is 18.2 Å². The molecule has 1 fully saturated rings. The normalized spacial score (nSPS) is 21.1. The standard InChI is InChI=1S/C22H26F2O/c1-3-4-5-6-15-7-9-16(10-8-15)19-13-17-11-12-18(25-2)14-20(17)22(24)21(19)23/h5-6,11-16H,3-4,7-10H2,1-2H3/b6-5+. The zero-order valence-corrected chi connectivity index (χ0v) is 15.0. The third-order valence-corrected chi connectivity index (χ3v) is 5.33.